The number of guanidine groups is 2. The Balaban J connectivity index is 0.00000324. The zero-order chi connectivity index (χ0) is 13.4. The molecule has 0 spiro atoms. The van der Waals surface area contributed by atoms with E-state index < -0.39 is 0 Å². The van der Waals surface area contributed by atoms with Crippen molar-refractivity contribution in [3.8, 4) is 0 Å². The molecular formula is C12H19BrClN5. The van der Waals surface area contributed by atoms with Crippen LogP contribution in [-0.2, 0) is 0 Å². The Hall–Kier alpha value is -1.27. The van der Waals surface area contributed by atoms with Crippen molar-refractivity contribution in [2.75, 3.05) is 6.54 Å². The lowest BCUT2D eigenvalue weighted by Crippen LogP contribution is -2.44. The third-order valence-corrected chi connectivity index (χ3v) is 2.67. The van der Waals surface area contributed by atoms with Gasteiger partial charge in [-0.25, -0.2) is 4.99 Å². The van der Waals surface area contributed by atoms with Gasteiger partial charge in [0, 0.05) is 11.0 Å². The van der Waals surface area contributed by atoms with Crippen molar-refractivity contribution in [2.24, 2.45) is 10.7 Å². The molecule has 106 valence electrons. The van der Waals surface area contributed by atoms with Crippen molar-refractivity contribution < 1.29 is 0 Å². The number of nitrogens with one attached hydrogen (secondary N) is 3. The van der Waals surface area contributed by atoms with E-state index in [4.69, 9.17) is 11.1 Å². The molecule has 1 rings (SSSR count). The fourth-order valence-electron chi connectivity index (χ4n) is 1.27. The summed E-state index contributed by atoms with van der Waals surface area (Å²) in [6.07, 6.45) is 2.14. The smallest absolute Gasteiger partial charge is 0.203 e. The minimum Gasteiger partial charge on any atom is -0.370 e. The lowest BCUT2D eigenvalue weighted by molar-refractivity contribution is 0.746. The van der Waals surface area contributed by atoms with E-state index in [2.05, 4.69) is 38.5 Å². The Labute approximate surface area is 128 Å². The maximum atomic E-state index is 7.24. The summed E-state index contributed by atoms with van der Waals surface area (Å²) in [6.45, 7) is 2.91. The predicted molar refractivity (Wildman–Crippen MR) is 86.4 cm³/mol. The van der Waals surface area contributed by atoms with E-state index in [-0.39, 0.29) is 18.4 Å². The van der Waals surface area contributed by atoms with Gasteiger partial charge in [0.15, 0.2) is 5.96 Å². The van der Waals surface area contributed by atoms with E-state index in [1.165, 1.54) is 0 Å². The lowest BCUT2D eigenvalue weighted by atomic mass is 10.3. The van der Waals surface area contributed by atoms with Gasteiger partial charge in [0.05, 0.1) is 5.69 Å². The zero-order valence-corrected chi connectivity index (χ0v) is 13.1. The summed E-state index contributed by atoms with van der Waals surface area (Å²) in [7, 11) is 0. The van der Waals surface area contributed by atoms with Crippen molar-refractivity contribution >= 4 is 45.9 Å². The number of nitrogens with zero attached hydrogens (tertiary/aromatic N) is 1. The van der Waals surface area contributed by atoms with Crippen molar-refractivity contribution in [1.29, 1.82) is 5.41 Å². The molecule has 0 atom stereocenters. The molecule has 1 aromatic rings. The van der Waals surface area contributed by atoms with Gasteiger partial charge in [0.2, 0.25) is 5.96 Å². The van der Waals surface area contributed by atoms with Crippen LogP contribution in [0.15, 0.2) is 33.7 Å². The normalized spacial score (nSPS) is 10.5. The van der Waals surface area contributed by atoms with Crippen LogP contribution in [0.5, 0.6) is 0 Å². The Kier molecular flexibility index (Phi) is 8.99. The number of aliphatic imine (C=N–C) groups is 1. The Morgan fingerprint density at radius 2 is 2.00 bits per heavy atom. The molecule has 5 nitrogen and oxygen atoms in total. The maximum Gasteiger partial charge on any atom is 0.203 e. The summed E-state index contributed by atoms with van der Waals surface area (Å²) >= 11 is 3.37. The first-order valence-electron chi connectivity index (χ1n) is 5.81. The van der Waals surface area contributed by atoms with Crippen molar-refractivity contribution in [2.45, 2.75) is 19.8 Å². The van der Waals surface area contributed by atoms with Gasteiger partial charge in [-0.15, -0.1) is 12.4 Å². The van der Waals surface area contributed by atoms with Gasteiger partial charge >= 0.3 is 0 Å². The number of rotatable bonds is 4. The highest BCUT2D eigenvalue weighted by Crippen LogP contribution is 2.16. The Bertz CT molecular complexity index is 419. The first-order valence-corrected chi connectivity index (χ1v) is 6.60. The number of hydrogen-bond donors (Lipinski definition) is 4. The van der Waals surface area contributed by atoms with E-state index in [9.17, 15) is 0 Å². The molecule has 0 amide bonds. The summed E-state index contributed by atoms with van der Waals surface area (Å²) in [4.78, 5) is 4.36. The van der Waals surface area contributed by atoms with Gasteiger partial charge in [-0.1, -0.05) is 29.3 Å². The molecule has 0 heterocycles. The van der Waals surface area contributed by atoms with Crippen LogP contribution in [0.2, 0.25) is 0 Å². The fraction of sp³-hybridized carbons (Fsp3) is 0.333. The molecule has 0 fully saturated rings. The molecule has 0 aliphatic heterocycles. The molecule has 5 N–H and O–H groups in total. The second kappa shape index (κ2) is 9.63. The number of benzene rings is 1. The van der Waals surface area contributed by atoms with E-state index in [1.807, 2.05) is 24.3 Å². The summed E-state index contributed by atoms with van der Waals surface area (Å²) in [5, 5.41) is 13.1. The van der Waals surface area contributed by atoms with Crippen molar-refractivity contribution in [3.05, 3.63) is 28.7 Å². The van der Waals surface area contributed by atoms with Crippen LogP contribution in [-0.4, -0.2) is 18.5 Å². The molecular weight excluding hydrogens is 330 g/mol. The SMILES string of the molecule is CCCCNC(=Nc1ccc(Br)cc1)NC(=N)N.Cl. The van der Waals surface area contributed by atoms with Gasteiger partial charge in [0.25, 0.3) is 0 Å². The Morgan fingerprint density at radius 3 is 2.53 bits per heavy atom. The zero-order valence-electron chi connectivity index (χ0n) is 10.7. The number of unbranched alkanes of at least 4 members (excludes halogenated alkanes) is 1. The van der Waals surface area contributed by atoms with Crippen LogP contribution < -0.4 is 16.4 Å². The summed E-state index contributed by atoms with van der Waals surface area (Å²) in [6, 6.07) is 7.59. The second-order valence-corrected chi connectivity index (χ2v) is 4.67. The van der Waals surface area contributed by atoms with Crippen LogP contribution in [0.4, 0.5) is 5.69 Å². The fourth-order valence-corrected chi connectivity index (χ4v) is 1.53. The molecule has 0 aromatic heterocycles. The van der Waals surface area contributed by atoms with E-state index in [0.717, 1.165) is 29.5 Å². The van der Waals surface area contributed by atoms with Gasteiger partial charge in [-0.2, -0.15) is 0 Å². The molecule has 0 aliphatic carbocycles. The molecule has 0 radical (unpaired) electrons. The monoisotopic (exact) mass is 347 g/mol. The second-order valence-electron chi connectivity index (χ2n) is 3.76. The summed E-state index contributed by atoms with van der Waals surface area (Å²) in [5.41, 5.74) is 6.12. The van der Waals surface area contributed by atoms with Crippen LogP contribution in [0.25, 0.3) is 0 Å². The average Bonchev–Trinajstić information content (AvgIpc) is 2.31. The topological polar surface area (TPSA) is 86.3 Å². The molecule has 0 saturated carbocycles. The van der Waals surface area contributed by atoms with Crippen molar-refractivity contribution in [1.82, 2.24) is 10.6 Å². The number of hydrogen-bond acceptors (Lipinski definition) is 2. The van der Waals surface area contributed by atoms with Gasteiger partial charge in [-0.3, -0.25) is 10.7 Å². The predicted octanol–water partition coefficient (Wildman–Crippen LogP) is 2.73. The number of halogens is 2. The Morgan fingerprint density at radius 1 is 1.37 bits per heavy atom. The summed E-state index contributed by atoms with van der Waals surface area (Å²) < 4.78 is 1.00. The first-order chi connectivity index (χ1) is 8.61. The number of nitrogens with two attached hydrogens (primary N) is 1. The van der Waals surface area contributed by atoms with E-state index >= 15 is 0 Å². The average molecular weight is 349 g/mol. The lowest BCUT2D eigenvalue weighted by Gasteiger charge is -2.10. The molecule has 0 unspecified atom stereocenters. The van der Waals surface area contributed by atoms with Crippen LogP contribution >= 0.6 is 28.3 Å². The third-order valence-electron chi connectivity index (χ3n) is 2.14. The van der Waals surface area contributed by atoms with Crippen LogP contribution in [0, 0.1) is 5.41 Å². The molecule has 0 saturated heterocycles. The van der Waals surface area contributed by atoms with E-state index in [0.29, 0.717) is 5.96 Å². The molecule has 0 bridgehead atoms. The highest BCUT2D eigenvalue weighted by molar-refractivity contribution is 9.10. The van der Waals surface area contributed by atoms with Crippen molar-refractivity contribution in [3.63, 3.8) is 0 Å². The highest BCUT2D eigenvalue weighted by Gasteiger charge is 2.00. The van der Waals surface area contributed by atoms with Gasteiger partial charge < -0.3 is 11.1 Å². The van der Waals surface area contributed by atoms with Gasteiger partial charge in [0.1, 0.15) is 0 Å². The minimum absolute atomic E-state index is 0. The highest BCUT2D eigenvalue weighted by atomic mass is 79.9. The molecule has 19 heavy (non-hydrogen) atoms. The maximum absolute atomic E-state index is 7.24. The van der Waals surface area contributed by atoms with Gasteiger partial charge in [-0.05, 0) is 30.7 Å². The summed E-state index contributed by atoms with van der Waals surface area (Å²) in [5.74, 6) is 0.369. The standard InChI is InChI=1S/C12H18BrN5.ClH/c1-2-3-8-16-12(18-11(14)15)17-10-6-4-9(13)5-7-10;/h4-7H,2-3,8H2,1H3,(H5,14,15,16,17,18);1H. The molecule has 7 heteroatoms. The van der Waals surface area contributed by atoms with Crippen LogP contribution in [0.3, 0.4) is 0 Å². The third kappa shape index (κ3) is 7.69. The minimum atomic E-state index is -0.130. The quantitative estimate of drug-likeness (QED) is 0.383. The molecule has 1 aromatic carbocycles. The first kappa shape index (κ1) is 17.7. The van der Waals surface area contributed by atoms with Crippen LogP contribution in [0.1, 0.15) is 19.8 Å². The largest absolute Gasteiger partial charge is 0.370 e. The van der Waals surface area contributed by atoms with E-state index in [1.54, 1.807) is 0 Å². The molecule has 0 aliphatic rings.